The van der Waals surface area contributed by atoms with Crippen molar-refractivity contribution in [3.63, 3.8) is 0 Å². The van der Waals surface area contributed by atoms with E-state index in [0.717, 1.165) is 22.0 Å². The first-order chi connectivity index (χ1) is 10.2. The number of rotatable bonds is 4. The van der Waals surface area contributed by atoms with Crippen LogP contribution in [0.1, 0.15) is 12.5 Å². The molecule has 0 saturated carbocycles. The first-order valence-corrected chi connectivity index (χ1v) is 7.57. The van der Waals surface area contributed by atoms with Gasteiger partial charge in [0.05, 0.1) is 12.4 Å². The normalized spacial score (nSPS) is 11.1. The lowest BCUT2D eigenvalue weighted by Crippen LogP contribution is -2.07. The standard InChI is InChI=1S/C14H14N4O2S/c1-3-20-11(19)7-21-14-16-13-12(17-18-14)9-6-8(2)4-5-10(9)15-13/h4-6H,3,7H2,1-2H3,(H,15,16,18). The van der Waals surface area contributed by atoms with Crippen molar-refractivity contribution in [3.8, 4) is 0 Å². The zero-order chi connectivity index (χ0) is 14.8. The number of fused-ring (bicyclic) bond motifs is 3. The largest absolute Gasteiger partial charge is 0.465 e. The number of ether oxygens (including phenoxy) is 1. The van der Waals surface area contributed by atoms with Gasteiger partial charge in [-0.1, -0.05) is 23.4 Å². The van der Waals surface area contributed by atoms with Gasteiger partial charge in [0.15, 0.2) is 5.65 Å². The smallest absolute Gasteiger partial charge is 0.316 e. The Morgan fingerprint density at radius 2 is 2.24 bits per heavy atom. The zero-order valence-electron chi connectivity index (χ0n) is 11.7. The lowest BCUT2D eigenvalue weighted by molar-refractivity contribution is -0.139. The molecule has 1 aromatic carbocycles. The summed E-state index contributed by atoms with van der Waals surface area (Å²) in [5.74, 6) is -0.0983. The Morgan fingerprint density at radius 3 is 3.05 bits per heavy atom. The summed E-state index contributed by atoms with van der Waals surface area (Å²) in [7, 11) is 0. The molecule has 2 aromatic heterocycles. The molecule has 21 heavy (non-hydrogen) atoms. The van der Waals surface area contributed by atoms with Crippen molar-refractivity contribution in [2.75, 3.05) is 12.4 Å². The van der Waals surface area contributed by atoms with Crippen LogP contribution in [-0.4, -0.2) is 38.5 Å². The Kier molecular flexibility index (Phi) is 3.74. The summed E-state index contributed by atoms with van der Waals surface area (Å²) in [5.41, 5.74) is 3.56. The van der Waals surface area contributed by atoms with Crippen LogP contribution in [-0.2, 0) is 9.53 Å². The highest BCUT2D eigenvalue weighted by Gasteiger charge is 2.11. The van der Waals surface area contributed by atoms with Crippen molar-refractivity contribution in [2.45, 2.75) is 19.0 Å². The fourth-order valence-corrected chi connectivity index (χ4v) is 2.64. The maximum Gasteiger partial charge on any atom is 0.316 e. The molecule has 1 N–H and O–H groups in total. The van der Waals surface area contributed by atoms with Crippen LogP contribution in [0.2, 0.25) is 0 Å². The van der Waals surface area contributed by atoms with Gasteiger partial charge in [-0.25, -0.2) is 4.98 Å². The molecule has 0 radical (unpaired) electrons. The average molecular weight is 302 g/mol. The molecule has 2 heterocycles. The zero-order valence-corrected chi connectivity index (χ0v) is 12.5. The number of nitrogens with zero attached hydrogens (tertiary/aromatic N) is 3. The number of carbonyl (C=O) groups is 1. The Labute approximate surface area is 125 Å². The second-order valence-corrected chi connectivity index (χ2v) is 5.50. The summed E-state index contributed by atoms with van der Waals surface area (Å²) < 4.78 is 4.87. The summed E-state index contributed by atoms with van der Waals surface area (Å²) in [4.78, 5) is 18.9. The molecule has 7 heteroatoms. The Bertz CT molecular complexity index is 815. The number of H-pyrrole nitrogens is 1. The van der Waals surface area contributed by atoms with Gasteiger partial charge in [-0.05, 0) is 26.0 Å². The molecule has 0 fully saturated rings. The summed E-state index contributed by atoms with van der Waals surface area (Å²) in [6.07, 6.45) is 0. The molecule has 6 nitrogen and oxygen atoms in total. The first kappa shape index (κ1) is 13.8. The highest BCUT2D eigenvalue weighted by atomic mass is 32.2. The van der Waals surface area contributed by atoms with Gasteiger partial charge < -0.3 is 9.72 Å². The van der Waals surface area contributed by atoms with Crippen LogP contribution in [0.25, 0.3) is 22.1 Å². The van der Waals surface area contributed by atoms with Gasteiger partial charge in [0, 0.05) is 10.9 Å². The molecule has 0 bridgehead atoms. The van der Waals surface area contributed by atoms with Gasteiger partial charge in [0.2, 0.25) is 5.16 Å². The Morgan fingerprint density at radius 1 is 1.38 bits per heavy atom. The molecular formula is C14H14N4O2S. The van der Waals surface area contributed by atoms with E-state index in [4.69, 9.17) is 4.74 Å². The van der Waals surface area contributed by atoms with Gasteiger partial charge in [-0.15, -0.1) is 10.2 Å². The maximum atomic E-state index is 11.3. The maximum absolute atomic E-state index is 11.3. The van der Waals surface area contributed by atoms with E-state index in [9.17, 15) is 4.79 Å². The minimum atomic E-state index is -0.279. The minimum absolute atomic E-state index is 0.181. The number of carbonyl (C=O) groups excluding carboxylic acids is 1. The fourth-order valence-electron chi connectivity index (χ4n) is 2.06. The van der Waals surface area contributed by atoms with Crippen molar-refractivity contribution in [3.05, 3.63) is 23.8 Å². The second kappa shape index (κ2) is 5.69. The number of esters is 1. The average Bonchev–Trinajstić information content (AvgIpc) is 2.82. The van der Waals surface area contributed by atoms with Gasteiger partial charge in [0.25, 0.3) is 0 Å². The molecule has 0 atom stereocenters. The SMILES string of the molecule is CCOC(=O)CSc1nnc2c(n1)[nH]c1ccc(C)cc12. The number of hydrogen-bond donors (Lipinski definition) is 1. The lowest BCUT2D eigenvalue weighted by Gasteiger charge is -2.00. The van der Waals surface area contributed by atoms with Crippen LogP contribution in [0, 0.1) is 6.92 Å². The van der Waals surface area contributed by atoms with E-state index >= 15 is 0 Å². The molecule has 0 unspecified atom stereocenters. The third kappa shape index (κ3) is 2.82. The van der Waals surface area contributed by atoms with E-state index in [1.54, 1.807) is 6.92 Å². The minimum Gasteiger partial charge on any atom is -0.465 e. The summed E-state index contributed by atoms with van der Waals surface area (Å²) in [6, 6.07) is 6.08. The number of aromatic amines is 1. The molecule has 0 aliphatic rings. The predicted octanol–water partition coefficient (Wildman–Crippen LogP) is 2.47. The number of aromatic nitrogens is 4. The molecule has 0 amide bonds. The van der Waals surface area contributed by atoms with Crippen LogP contribution < -0.4 is 0 Å². The van der Waals surface area contributed by atoms with Gasteiger partial charge in [0.1, 0.15) is 5.52 Å². The van der Waals surface area contributed by atoms with E-state index < -0.39 is 0 Å². The monoisotopic (exact) mass is 302 g/mol. The van der Waals surface area contributed by atoms with Crippen molar-refractivity contribution in [1.29, 1.82) is 0 Å². The topological polar surface area (TPSA) is 80.8 Å². The number of aryl methyl sites for hydroxylation is 1. The third-order valence-electron chi connectivity index (χ3n) is 2.98. The van der Waals surface area contributed by atoms with Crippen LogP contribution in [0.5, 0.6) is 0 Å². The number of benzene rings is 1. The quantitative estimate of drug-likeness (QED) is 0.589. The molecule has 108 valence electrons. The molecule has 0 saturated heterocycles. The first-order valence-electron chi connectivity index (χ1n) is 6.58. The fraction of sp³-hybridized carbons (Fsp3) is 0.286. The van der Waals surface area contributed by atoms with E-state index in [1.807, 2.05) is 19.1 Å². The van der Waals surface area contributed by atoms with Gasteiger partial charge >= 0.3 is 5.97 Å². The van der Waals surface area contributed by atoms with Gasteiger partial charge in [-0.2, -0.15) is 0 Å². The van der Waals surface area contributed by atoms with Crippen molar-refractivity contribution < 1.29 is 9.53 Å². The molecular weight excluding hydrogens is 288 g/mol. The number of hydrogen-bond acceptors (Lipinski definition) is 6. The van der Waals surface area contributed by atoms with Crippen molar-refractivity contribution >= 4 is 39.8 Å². The lowest BCUT2D eigenvalue weighted by atomic mass is 10.2. The van der Waals surface area contributed by atoms with Gasteiger partial charge in [-0.3, -0.25) is 4.79 Å². The number of nitrogens with one attached hydrogen (secondary N) is 1. The van der Waals surface area contributed by atoms with Crippen LogP contribution >= 0.6 is 11.8 Å². The van der Waals surface area contributed by atoms with Crippen molar-refractivity contribution in [1.82, 2.24) is 20.2 Å². The second-order valence-electron chi connectivity index (χ2n) is 4.56. The molecule has 0 spiro atoms. The predicted molar refractivity (Wildman–Crippen MR) is 81.3 cm³/mol. The molecule has 3 rings (SSSR count). The van der Waals surface area contributed by atoms with Crippen LogP contribution in [0.15, 0.2) is 23.4 Å². The van der Waals surface area contributed by atoms with E-state index in [2.05, 4.69) is 26.2 Å². The highest BCUT2D eigenvalue weighted by Crippen LogP contribution is 2.24. The molecule has 0 aliphatic heterocycles. The summed E-state index contributed by atoms with van der Waals surface area (Å²) >= 11 is 1.22. The Hall–Kier alpha value is -2.15. The van der Waals surface area contributed by atoms with Crippen LogP contribution in [0.3, 0.4) is 0 Å². The van der Waals surface area contributed by atoms with E-state index in [0.29, 0.717) is 17.4 Å². The van der Waals surface area contributed by atoms with E-state index in [1.165, 1.54) is 11.8 Å². The molecule has 3 aromatic rings. The van der Waals surface area contributed by atoms with Crippen LogP contribution in [0.4, 0.5) is 0 Å². The third-order valence-corrected chi connectivity index (χ3v) is 3.79. The number of thioether (sulfide) groups is 1. The van der Waals surface area contributed by atoms with E-state index in [-0.39, 0.29) is 11.7 Å². The summed E-state index contributed by atoms with van der Waals surface area (Å²) in [6.45, 7) is 4.18. The van der Waals surface area contributed by atoms with Crippen molar-refractivity contribution in [2.24, 2.45) is 0 Å². The highest BCUT2D eigenvalue weighted by molar-refractivity contribution is 7.99. The Balaban J connectivity index is 1.90. The molecule has 0 aliphatic carbocycles. The summed E-state index contributed by atoms with van der Waals surface area (Å²) in [5, 5.41) is 9.75.